The van der Waals surface area contributed by atoms with Crippen LogP contribution in [0.25, 0.3) is 0 Å². The van der Waals surface area contributed by atoms with E-state index < -0.39 is 35.7 Å². The first-order valence-corrected chi connectivity index (χ1v) is 4.66. The second kappa shape index (κ2) is 5.47. The van der Waals surface area contributed by atoms with Gasteiger partial charge in [0.1, 0.15) is 18.0 Å². The normalized spacial score (nSPS) is 13.1. The van der Waals surface area contributed by atoms with Crippen molar-refractivity contribution in [1.82, 2.24) is 10.2 Å². The molecule has 0 amide bonds. The van der Waals surface area contributed by atoms with Gasteiger partial charge in [0.2, 0.25) is 0 Å². The molecule has 0 aromatic carbocycles. The number of alkyl halides is 3. The molecule has 1 aromatic rings. The highest BCUT2D eigenvalue weighted by Gasteiger charge is 2.34. The summed E-state index contributed by atoms with van der Waals surface area (Å²) in [6.07, 6.45) is -7.04. The number of nitro groups is 1. The fourth-order valence-electron chi connectivity index (χ4n) is 1.35. The number of hydrogen-bond donors (Lipinski definition) is 1. The number of carbonyl (C=O) groups is 1. The largest absolute Gasteiger partial charge is 0.464 e. The van der Waals surface area contributed by atoms with E-state index in [1.807, 2.05) is 0 Å². The topological polar surface area (TPSA) is 98.1 Å². The molecule has 1 heterocycles. The molecule has 1 atom stereocenters. The quantitative estimate of drug-likeness (QED) is 0.476. The number of nitrogens with one attached hydrogen (secondary N) is 1. The number of aromatic nitrogens is 2. The molecule has 18 heavy (non-hydrogen) atoms. The van der Waals surface area contributed by atoms with Crippen molar-refractivity contribution in [2.75, 3.05) is 0 Å². The Kier molecular flexibility index (Phi) is 4.23. The molecule has 1 unspecified atom stereocenters. The van der Waals surface area contributed by atoms with Crippen LogP contribution in [0.1, 0.15) is 12.1 Å². The number of rotatable bonds is 6. The predicted molar refractivity (Wildman–Crippen MR) is 50.6 cm³/mol. The van der Waals surface area contributed by atoms with E-state index in [4.69, 9.17) is 0 Å². The van der Waals surface area contributed by atoms with Crippen molar-refractivity contribution in [3.63, 3.8) is 0 Å². The van der Waals surface area contributed by atoms with Gasteiger partial charge in [-0.15, -0.1) is 0 Å². The SMILES string of the molecule is O=COC(Cc1[nH]ncc1[N+](=O)[O-])CC(F)(F)F. The Morgan fingerprint density at radius 1 is 1.61 bits per heavy atom. The standard InChI is InChI=1S/C8H8F3N3O4/c9-8(10,11)2-5(18-4-15)1-6-7(14(16)17)3-12-13-6/h3-5H,1-2H2,(H,12,13). The molecule has 1 aromatic heterocycles. The molecule has 100 valence electrons. The second-order valence-corrected chi connectivity index (χ2v) is 3.37. The Bertz CT molecular complexity index is 431. The molecule has 0 spiro atoms. The zero-order valence-corrected chi connectivity index (χ0v) is 8.81. The molecule has 10 heteroatoms. The lowest BCUT2D eigenvalue weighted by Crippen LogP contribution is -2.24. The third-order valence-electron chi connectivity index (χ3n) is 2.03. The lowest BCUT2D eigenvalue weighted by Gasteiger charge is -2.15. The van der Waals surface area contributed by atoms with Crippen LogP contribution in [0.5, 0.6) is 0 Å². The zero-order valence-electron chi connectivity index (χ0n) is 8.81. The number of nitrogens with zero attached hydrogens (tertiary/aromatic N) is 2. The van der Waals surface area contributed by atoms with Crippen molar-refractivity contribution in [2.45, 2.75) is 25.1 Å². The molecule has 0 aliphatic carbocycles. The molecule has 0 radical (unpaired) electrons. The van der Waals surface area contributed by atoms with E-state index >= 15 is 0 Å². The molecule has 0 aliphatic heterocycles. The monoisotopic (exact) mass is 267 g/mol. The van der Waals surface area contributed by atoms with Gasteiger partial charge < -0.3 is 4.74 Å². The van der Waals surface area contributed by atoms with Gasteiger partial charge in [0.25, 0.3) is 6.47 Å². The van der Waals surface area contributed by atoms with Crippen LogP contribution in [0, 0.1) is 10.1 Å². The van der Waals surface area contributed by atoms with Gasteiger partial charge in [0.15, 0.2) is 0 Å². The smallest absolute Gasteiger partial charge is 0.392 e. The number of hydrogen-bond acceptors (Lipinski definition) is 5. The fraction of sp³-hybridized carbons (Fsp3) is 0.500. The maximum Gasteiger partial charge on any atom is 0.392 e. The molecule has 0 saturated heterocycles. The van der Waals surface area contributed by atoms with Gasteiger partial charge in [-0.2, -0.15) is 18.3 Å². The number of aromatic amines is 1. The highest BCUT2D eigenvalue weighted by Crippen LogP contribution is 2.26. The van der Waals surface area contributed by atoms with Crippen LogP contribution in [-0.2, 0) is 16.0 Å². The van der Waals surface area contributed by atoms with Gasteiger partial charge in [-0.1, -0.05) is 0 Å². The minimum Gasteiger partial charge on any atom is -0.464 e. The van der Waals surface area contributed by atoms with Crippen molar-refractivity contribution < 1.29 is 27.6 Å². The molecule has 0 fully saturated rings. The predicted octanol–water partition coefficient (Wildman–Crippen LogP) is 1.35. The maximum absolute atomic E-state index is 12.2. The van der Waals surface area contributed by atoms with Crippen LogP contribution in [0.4, 0.5) is 18.9 Å². The summed E-state index contributed by atoms with van der Waals surface area (Å²) < 4.78 is 40.7. The lowest BCUT2D eigenvalue weighted by molar-refractivity contribution is -0.385. The molecule has 0 saturated carbocycles. The Labute approximate surface area is 98.1 Å². The zero-order chi connectivity index (χ0) is 13.8. The number of carbonyl (C=O) groups excluding carboxylic acids is 1. The molecule has 1 rings (SSSR count). The van der Waals surface area contributed by atoms with Crippen molar-refractivity contribution in [2.24, 2.45) is 0 Å². The molecule has 7 nitrogen and oxygen atoms in total. The number of H-pyrrole nitrogens is 1. The van der Waals surface area contributed by atoms with Crippen LogP contribution in [0.2, 0.25) is 0 Å². The van der Waals surface area contributed by atoms with Crippen molar-refractivity contribution >= 4 is 12.2 Å². The van der Waals surface area contributed by atoms with Crippen LogP contribution < -0.4 is 0 Å². The van der Waals surface area contributed by atoms with E-state index in [9.17, 15) is 28.1 Å². The first kappa shape index (κ1) is 13.9. The Balaban J connectivity index is 2.79. The average Bonchev–Trinajstić information content (AvgIpc) is 2.63. The van der Waals surface area contributed by atoms with Crippen LogP contribution in [0.3, 0.4) is 0 Å². The van der Waals surface area contributed by atoms with E-state index in [0.29, 0.717) is 0 Å². The van der Waals surface area contributed by atoms with Gasteiger partial charge in [0.05, 0.1) is 11.3 Å². The van der Waals surface area contributed by atoms with Crippen molar-refractivity contribution in [3.8, 4) is 0 Å². The van der Waals surface area contributed by atoms with E-state index in [0.717, 1.165) is 6.20 Å². The number of ether oxygens (including phenoxy) is 1. The van der Waals surface area contributed by atoms with E-state index in [-0.39, 0.29) is 12.2 Å². The van der Waals surface area contributed by atoms with Crippen molar-refractivity contribution in [3.05, 3.63) is 22.0 Å². The van der Waals surface area contributed by atoms with Crippen LogP contribution in [-0.4, -0.2) is 33.9 Å². The van der Waals surface area contributed by atoms with Gasteiger partial charge in [-0.3, -0.25) is 20.0 Å². The highest BCUT2D eigenvalue weighted by molar-refractivity contribution is 5.38. The minimum atomic E-state index is -4.54. The summed E-state index contributed by atoms with van der Waals surface area (Å²) in [5.41, 5.74) is -0.576. The summed E-state index contributed by atoms with van der Waals surface area (Å²) in [5.74, 6) is 0. The van der Waals surface area contributed by atoms with Gasteiger partial charge in [0, 0.05) is 6.42 Å². The van der Waals surface area contributed by atoms with Crippen molar-refractivity contribution in [1.29, 1.82) is 0 Å². The molecular weight excluding hydrogens is 259 g/mol. The summed E-state index contributed by atoms with van der Waals surface area (Å²) >= 11 is 0. The van der Waals surface area contributed by atoms with E-state index in [1.54, 1.807) is 0 Å². The van der Waals surface area contributed by atoms with E-state index in [1.165, 1.54) is 0 Å². The summed E-state index contributed by atoms with van der Waals surface area (Å²) in [5, 5.41) is 16.1. The minimum absolute atomic E-state index is 0.126. The lowest BCUT2D eigenvalue weighted by atomic mass is 10.1. The first-order valence-electron chi connectivity index (χ1n) is 4.66. The Morgan fingerprint density at radius 2 is 2.28 bits per heavy atom. The Morgan fingerprint density at radius 3 is 2.78 bits per heavy atom. The number of halogens is 3. The molecule has 0 bridgehead atoms. The summed E-state index contributed by atoms with van der Waals surface area (Å²) in [6.45, 7) is -0.126. The third-order valence-corrected chi connectivity index (χ3v) is 2.03. The third kappa shape index (κ3) is 4.03. The fourth-order valence-corrected chi connectivity index (χ4v) is 1.35. The first-order chi connectivity index (χ1) is 8.33. The van der Waals surface area contributed by atoms with Crippen LogP contribution in [0.15, 0.2) is 6.20 Å². The summed E-state index contributed by atoms with van der Waals surface area (Å²) in [7, 11) is 0. The maximum atomic E-state index is 12.2. The second-order valence-electron chi connectivity index (χ2n) is 3.37. The highest BCUT2D eigenvalue weighted by atomic mass is 19.4. The average molecular weight is 267 g/mol. The molecule has 1 N–H and O–H groups in total. The molecular formula is C8H8F3N3O4. The molecule has 0 aliphatic rings. The van der Waals surface area contributed by atoms with Gasteiger partial charge in [-0.05, 0) is 0 Å². The van der Waals surface area contributed by atoms with Crippen LogP contribution >= 0.6 is 0 Å². The summed E-state index contributed by atoms with van der Waals surface area (Å²) in [4.78, 5) is 19.8. The van der Waals surface area contributed by atoms with Gasteiger partial charge in [-0.25, -0.2) is 0 Å². The summed E-state index contributed by atoms with van der Waals surface area (Å²) in [6, 6.07) is 0. The Hall–Kier alpha value is -2.13. The van der Waals surface area contributed by atoms with E-state index in [2.05, 4.69) is 14.9 Å². The van der Waals surface area contributed by atoms with Gasteiger partial charge >= 0.3 is 11.9 Å².